The molecule has 0 spiro atoms. The number of benzene rings is 1. The van der Waals surface area contributed by atoms with Crippen molar-refractivity contribution in [2.75, 3.05) is 0 Å². The van der Waals surface area contributed by atoms with E-state index in [1.165, 1.54) is 4.40 Å². The van der Waals surface area contributed by atoms with Crippen molar-refractivity contribution >= 4 is 11.6 Å². The first-order valence-corrected chi connectivity index (χ1v) is 8.81. The van der Waals surface area contributed by atoms with Crippen LogP contribution in [-0.4, -0.2) is 30.1 Å². The normalized spacial score (nSPS) is 10.9. The number of aryl methyl sites for hydroxylation is 1. The van der Waals surface area contributed by atoms with Gasteiger partial charge < -0.3 is 5.32 Å². The predicted molar refractivity (Wildman–Crippen MR) is 104 cm³/mol. The Morgan fingerprint density at radius 3 is 2.61 bits per heavy atom. The smallest absolute Gasteiger partial charge is 0.350 e. The summed E-state index contributed by atoms with van der Waals surface area (Å²) in [7, 11) is 0. The second-order valence-corrected chi connectivity index (χ2v) is 6.30. The van der Waals surface area contributed by atoms with Crippen LogP contribution in [0.1, 0.15) is 11.4 Å². The maximum absolute atomic E-state index is 12.6. The van der Waals surface area contributed by atoms with E-state index in [0.717, 1.165) is 10.2 Å². The summed E-state index contributed by atoms with van der Waals surface area (Å²) in [6, 6.07) is 16.8. The number of fused-ring (bicyclic) bond motifs is 1. The first-order valence-electron chi connectivity index (χ1n) is 8.81. The maximum atomic E-state index is 12.6. The Labute approximate surface area is 160 Å². The largest absolute Gasteiger partial charge is 0.352 e. The van der Waals surface area contributed by atoms with Gasteiger partial charge in [-0.1, -0.05) is 36.4 Å². The zero-order valence-corrected chi connectivity index (χ0v) is 15.2. The Bertz CT molecular complexity index is 1180. The molecule has 8 nitrogen and oxygen atoms in total. The molecule has 1 N–H and O–H groups in total. The van der Waals surface area contributed by atoms with Crippen LogP contribution in [0, 0.1) is 6.92 Å². The number of nitrogens with one attached hydrogen (secondary N) is 1. The SMILES string of the molecule is Cc1nc(-c2ccccn2)cc2nn(CC(=O)NCc3ccccc3)c(=O)n12. The van der Waals surface area contributed by atoms with Crippen molar-refractivity contribution in [3.63, 3.8) is 0 Å². The minimum atomic E-state index is -0.401. The molecule has 0 fully saturated rings. The number of carbonyl (C=O) groups excluding carboxylic acids is 1. The number of carbonyl (C=O) groups is 1. The molecule has 0 bridgehead atoms. The van der Waals surface area contributed by atoms with Crippen molar-refractivity contribution in [1.29, 1.82) is 0 Å². The van der Waals surface area contributed by atoms with Crippen LogP contribution in [0.2, 0.25) is 0 Å². The van der Waals surface area contributed by atoms with Gasteiger partial charge in [0.1, 0.15) is 12.4 Å². The monoisotopic (exact) mass is 374 g/mol. The third-order valence-corrected chi connectivity index (χ3v) is 4.29. The van der Waals surface area contributed by atoms with E-state index in [-0.39, 0.29) is 12.5 Å². The molecule has 4 aromatic rings. The molecule has 3 heterocycles. The van der Waals surface area contributed by atoms with E-state index in [0.29, 0.717) is 29.4 Å². The zero-order valence-electron chi connectivity index (χ0n) is 15.2. The molecule has 0 atom stereocenters. The fourth-order valence-electron chi connectivity index (χ4n) is 2.94. The highest BCUT2D eigenvalue weighted by molar-refractivity contribution is 5.75. The number of aromatic nitrogens is 5. The molecule has 8 heteroatoms. The van der Waals surface area contributed by atoms with Crippen LogP contribution in [0.15, 0.2) is 65.6 Å². The third-order valence-electron chi connectivity index (χ3n) is 4.29. The molecule has 4 rings (SSSR count). The lowest BCUT2D eigenvalue weighted by Crippen LogP contribution is -2.32. The Morgan fingerprint density at radius 2 is 1.86 bits per heavy atom. The van der Waals surface area contributed by atoms with E-state index in [1.807, 2.05) is 48.5 Å². The summed E-state index contributed by atoms with van der Waals surface area (Å²) in [5.41, 5.74) is 2.32. The summed E-state index contributed by atoms with van der Waals surface area (Å²) in [6.07, 6.45) is 1.68. The Hall–Kier alpha value is -3.81. The van der Waals surface area contributed by atoms with Gasteiger partial charge in [0, 0.05) is 18.8 Å². The van der Waals surface area contributed by atoms with E-state index < -0.39 is 5.69 Å². The summed E-state index contributed by atoms with van der Waals surface area (Å²) < 4.78 is 2.53. The number of amides is 1. The van der Waals surface area contributed by atoms with Crippen LogP contribution in [0.5, 0.6) is 0 Å². The molecule has 0 saturated heterocycles. The van der Waals surface area contributed by atoms with E-state index in [2.05, 4.69) is 20.4 Å². The van der Waals surface area contributed by atoms with Gasteiger partial charge in [0.15, 0.2) is 5.65 Å². The fourth-order valence-corrected chi connectivity index (χ4v) is 2.94. The first-order chi connectivity index (χ1) is 13.6. The molecule has 0 saturated carbocycles. The second-order valence-electron chi connectivity index (χ2n) is 6.30. The Morgan fingerprint density at radius 1 is 1.07 bits per heavy atom. The highest BCUT2D eigenvalue weighted by Crippen LogP contribution is 2.15. The third kappa shape index (κ3) is 3.52. The fraction of sp³-hybridized carbons (Fsp3) is 0.150. The van der Waals surface area contributed by atoms with Crippen molar-refractivity contribution < 1.29 is 4.79 Å². The lowest BCUT2D eigenvalue weighted by molar-refractivity contribution is -0.122. The van der Waals surface area contributed by atoms with Gasteiger partial charge in [0.05, 0.1) is 11.4 Å². The molecule has 0 aliphatic heterocycles. The van der Waals surface area contributed by atoms with Crippen molar-refractivity contribution in [3.05, 3.63) is 82.7 Å². The van der Waals surface area contributed by atoms with Crippen LogP contribution < -0.4 is 11.0 Å². The molecular formula is C20H18N6O2. The van der Waals surface area contributed by atoms with Gasteiger partial charge in [0.2, 0.25) is 5.91 Å². The molecule has 3 aromatic heterocycles. The summed E-state index contributed by atoms with van der Waals surface area (Å²) in [5, 5.41) is 7.09. The minimum Gasteiger partial charge on any atom is -0.350 e. The van der Waals surface area contributed by atoms with Gasteiger partial charge in [0.25, 0.3) is 0 Å². The standard InChI is InChI=1S/C20H18N6O2/c1-14-23-17(16-9-5-6-10-21-16)11-18-24-25(20(28)26(14)18)13-19(27)22-12-15-7-3-2-4-8-15/h2-11H,12-13H2,1H3,(H,22,27). The lowest BCUT2D eigenvalue weighted by Gasteiger charge is -2.04. The van der Waals surface area contributed by atoms with Gasteiger partial charge >= 0.3 is 5.69 Å². The minimum absolute atomic E-state index is 0.161. The number of hydrogen-bond donors (Lipinski definition) is 1. The van der Waals surface area contributed by atoms with Gasteiger partial charge in [-0.2, -0.15) is 0 Å². The van der Waals surface area contributed by atoms with E-state index >= 15 is 0 Å². The summed E-state index contributed by atoms with van der Waals surface area (Å²) in [4.78, 5) is 33.6. The molecular weight excluding hydrogens is 356 g/mol. The summed E-state index contributed by atoms with van der Waals surface area (Å²) in [5.74, 6) is 0.198. The molecule has 0 unspecified atom stereocenters. The summed E-state index contributed by atoms with van der Waals surface area (Å²) in [6.45, 7) is 1.96. The van der Waals surface area contributed by atoms with Crippen molar-refractivity contribution in [1.82, 2.24) is 29.5 Å². The van der Waals surface area contributed by atoms with Gasteiger partial charge in [-0.05, 0) is 24.6 Å². The zero-order chi connectivity index (χ0) is 19.5. The molecule has 0 aliphatic carbocycles. The average Bonchev–Trinajstić information content (AvgIpc) is 3.03. The van der Waals surface area contributed by atoms with E-state index in [9.17, 15) is 9.59 Å². The molecule has 1 amide bonds. The first kappa shape index (κ1) is 17.6. The van der Waals surface area contributed by atoms with Gasteiger partial charge in [-0.15, -0.1) is 5.10 Å². The highest BCUT2D eigenvalue weighted by Gasteiger charge is 2.15. The number of pyridine rings is 1. The second kappa shape index (κ2) is 7.43. The topological polar surface area (TPSA) is 94.2 Å². The number of nitrogens with zero attached hydrogens (tertiary/aromatic N) is 5. The molecule has 0 aliphatic rings. The van der Waals surface area contributed by atoms with Crippen molar-refractivity contribution in [2.24, 2.45) is 0 Å². The van der Waals surface area contributed by atoms with Crippen LogP contribution in [0.3, 0.4) is 0 Å². The molecule has 28 heavy (non-hydrogen) atoms. The van der Waals surface area contributed by atoms with Gasteiger partial charge in [-0.3, -0.25) is 9.78 Å². The van der Waals surface area contributed by atoms with Gasteiger partial charge in [-0.25, -0.2) is 18.9 Å². The summed E-state index contributed by atoms with van der Waals surface area (Å²) >= 11 is 0. The average molecular weight is 374 g/mol. The molecule has 1 aromatic carbocycles. The molecule has 140 valence electrons. The molecule has 0 radical (unpaired) electrons. The highest BCUT2D eigenvalue weighted by atomic mass is 16.2. The van der Waals surface area contributed by atoms with Crippen LogP contribution in [0.4, 0.5) is 0 Å². The van der Waals surface area contributed by atoms with Crippen LogP contribution in [-0.2, 0) is 17.9 Å². The van der Waals surface area contributed by atoms with Crippen LogP contribution in [0.25, 0.3) is 17.0 Å². The van der Waals surface area contributed by atoms with Crippen molar-refractivity contribution in [3.8, 4) is 11.4 Å². The quantitative estimate of drug-likeness (QED) is 0.572. The van der Waals surface area contributed by atoms with Crippen LogP contribution >= 0.6 is 0 Å². The maximum Gasteiger partial charge on any atom is 0.352 e. The van der Waals surface area contributed by atoms with Crippen molar-refractivity contribution in [2.45, 2.75) is 20.0 Å². The Kier molecular flexibility index (Phi) is 4.67. The van der Waals surface area contributed by atoms with E-state index in [4.69, 9.17) is 0 Å². The Balaban J connectivity index is 1.58. The van der Waals surface area contributed by atoms with E-state index in [1.54, 1.807) is 19.2 Å². The number of hydrogen-bond acceptors (Lipinski definition) is 5. The number of rotatable bonds is 5. The lowest BCUT2D eigenvalue weighted by atomic mass is 10.2. The predicted octanol–water partition coefficient (Wildman–Crippen LogP) is 1.58.